The van der Waals surface area contributed by atoms with Gasteiger partial charge < -0.3 is 9.67 Å². The Hall–Kier alpha value is -2.75. The number of H-pyrrole nitrogens is 2. The Bertz CT molecular complexity index is 713. The molecule has 0 atom stereocenters. The van der Waals surface area contributed by atoms with Crippen molar-refractivity contribution in [1.82, 2.24) is 29.7 Å². The van der Waals surface area contributed by atoms with E-state index in [4.69, 9.17) is 9.90 Å². The lowest BCUT2D eigenvalue weighted by atomic mass is 10.5. The van der Waals surface area contributed by atoms with Gasteiger partial charge in [0.15, 0.2) is 16.7 Å². The summed E-state index contributed by atoms with van der Waals surface area (Å²) in [5.41, 5.74) is -0.309. The molecule has 3 rings (SSSR count). The minimum absolute atomic E-state index is 0.250. The fourth-order valence-corrected chi connectivity index (χ4v) is 2.16. The van der Waals surface area contributed by atoms with Crippen LogP contribution in [-0.4, -0.2) is 41.3 Å². The van der Waals surface area contributed by atoms with Crippen LogP contribution < -0.4 is 5.69 Å². The first kappa shape index (κ1) is 13.7. The molecule has 0 aromatic carbocycles. The highest BCUT2D eigenvalue weighted by atomic mass is 32.1. The van der Waals surface area contributed by atoms with Crippen LogP contribution in [0.15, 0.2) is 28.8 Å². The maximum atomic E-state index is 10.9. The van der Waals surface area contributed by atoms with E-state index < -0.39 is 0 Å². The van der Waals surface area contributed by atoms with Crippen molar-refractivity contribution in [2.24, 2.45) is 0 Å². The van der Waals surface area contributed by atoms with E-state index in [0.717, 1.165) is 10.8 Å². The standard InChI is InChI=1S/C9H8N6OS.CH2O2/c16-9-12-6(13-14-9)5-15-3-1-10-7(15)8-11-2-4-17-8;2-1-3/h1-4H,5H2,(H2,12,13,14,16);1H,(H,2,3). The summed E-state index contributed by atoms with van der Waals surface area (Å²) in [5, 5.41) is 15.8. The van der Waals surface area contributed by atoms with E-state index in [1.54, 1.807) is 12.4 Å². The van der Waals surface area contributed by atoms with Crippen LogP contribution in [0.3, 0.4) is 0 Å². The Morgan fingerprint density at radius 3 is 2.80 bits per heavy atom. The molecule has 0 saturated heterocycles. The van der Waals surface area contributed by atoms with E-state index in [2.05, 4.69) is 25.1 Å². The molecule has 0 aliphatic rings. The summed E-state index contributed by atoms with van der Waals surface area (Å²) in [6, 6.07) is 0. The molecular weight excluding hydrogens is 284 g/mol. The van der Waals surface area contributed by atoms with Gasteiger partial charge >= 0.3 is 5.69 Å². The molecule has 0 bridgehead atoms. The highest BCUT2D eigenvalue weighted by Gasteiger charge is 2.09. The molecular formula is C10H10N6O3S. The van der Waals surface area contributed by atoms with Gasteiger partial charge in [-0.25, -0.2) is 19.9 Å². The van der Waals surface area contributed by atoms with Crippen LogP contribution in [0.5, 0.6) is 0 Å². The lowest BCUT2D eigenvalue weighted by Gasteiger charge is -2.02. The Kier molecular flexibility index (Phi) is 4.39. The van der Waals surface area contributed by atoms with Crippen molar-refractivity contribution in [3.63, 3.8) is 0 Å². The summed E-state index contributed by atoms with van der Waals surface area (Å²) < 4.78 is 1.88. The predicted molar refractivity (Wildman–Crippen MR) is 70.3 cm³/mol. The van der Waals surface area contributed by atoms with E-state index in [0.29, 0.717) is 12.4 Å². The van der Waals surface area contributed by atoms with Gasteiger partial charge in [-0.3, -0.25) is 9.78 Å². The minimum atomic E-state index is -0.309. The summed E-state index contributed by atoms with van der Waals surface area (Å²) in [7, 11) is 0. The normalized spacial score (nSPS) is 9.80. The van der Waals surface area contributed by atoms with Gasteiger partial charge in [0.1, 0.15) is 0 Å². The van der Waals surface area contributed by atoms with E-state index in [-0.39, 0.29) is 12.2 Å². The summed E-state index contributed by atoms with van der Waals surface area (Å²) >= 11 is 1.52. The Labute approximate surface area is 116 Å². The topological polar surface area (TPSA) is 130 Å². The number of carboxylic acid groups (broad SMARTS) is 1. The summed E-state index contributed by atoms with van der Waals surface area (Å²) in [6.07, 6.45) is 5.25. The van der Waals surface area contributed by atoms with Crippen molar-refractivity contribution >= 4 is 17.8 Å². The highest BCUT2D eigenvalue weighted by Crippen LogP contribution is 2.19. The summed E-state index contributed by atoms with van der Waals surface area (Å²) in [6.45, 7) is 0.202. The van der Waals surface area contributed by atoms with Crippen LogP contribution in [0.4, 0.5) is 0 Å². The zero-order chi connectivity index (χ0) is 14.4. The van der Waals surface area contributed by atoms with E-state index in [9.17, 15) is 4.79 Å². The van der Waals surface area contributed by atoms with Crippen molar-refractivity contribution in [3.8, 4) is 10.8 Å². The first-order valence-electron chi connectivity index (χ1n) is 5.37. The van der Waals surface area contributed by atoms with Crippen LogP contribution >= 0.6 is 11.3 Å². The SMILES string of the molecule is O=CO.O=c1[nH]nc(Cn2ccnc2-c2nccs2)[nH]1. The number of aromatic amines is 2. The monoisotopic (exact) mass is 294 g/mol. The minimum Gasteiger partial charge on any atom is -0.483 e. The van der Waals surface area contributed by atoms with Gasteiger partial charge in [0.2, 0.25) is 0 Å². The molecule has 9 nitrogen and oxygen atoms in total. The van der Waals surface area contributed by atoms with Crippen LogP contribution in [0.1, 0.15) is 5.82 Å². The lowest BCUT2D eigenvalue weighted by molar-refractivity contribution is -0.122. The smallest absolute Gasteiger partial charge is 0.340 e. The van der Waals surface area contributed by atoms with E-state index >= 15 is 0 Å². The molecule has 0 spiro atoms. The maximum Gasteiger partial charge on any atom is 0.340 e. The number of carbonyl (C=O) groups is 1. The summed E-state index contributed by atoms with van der Waals surface area (Å²) in [5.74, 6) is 1.33. The fourth-order valence-electron chi connectivity index (χ4n) is 1.51. The first-order chi connectivity index (χ1) is 9.74. The molecule has 3 heterocycles. The number of nitrogens with one attached hydrogen (secondary N) is 2. The molecule has 3 aromatic heterocycles. The number of rotatable bonds is 3. The molecule has 0 amide bonds. The van der Waals surface area contributed by atoms with Crippen LogP contribution in [0.2, 0.25) is 0 Å². The summed E-state index contributed by atoms with van der Waals surface area (Å²) in [4.78, 5) is 30.3. The third-order valence-electron chi connectivity index (χ3n) is 2.21. The molecule has 10 heteroatoms. The first-order valence-corrected chi connectivity index (χ1v) is 6.25. The largest absolute Gasteiger partial charge is 0.483 e. The Morgan fingerprint density at radius 1 is 1.40 bits per heavy atom. The zero-order valence-corrected chi connectivity index (χ0v) is 10.9. The van der Waals surface area contributed by atoms with Gasteiger partial charge in [-0.2, -0.15) is 5.10 Å². The number of nitrogens with zero attached hydrogens (tertiary/aromatic N) is 4. The second-order valence-corrected chi connectivity index (χ2v) is 4.34. The van der Waals surface area contributed by atoms with Crippen molar-refractivity contribution < 1.29 is 9.90 Å². The van der Waals surface area contributed by atoms with Crippen LogP contribution in [0, 0.1) is 0 Å². The van der Waals surface area contributed by atoms with Crippen molar-refractivity contribution in [2.75, 3.05) is 0 Å². The molecule has 0 aliphatic carbocycles. The van der Waals surface area contributed by atoms with Crippen LogP contribution in [0.25, 0.3) is 10.8 Å². The molecule has 0 saturated carbocycles. The molecule has 0 radical (unpaired) electrons. The fraction of sp³-hybridized carbons (Fsp3) is 0.100. The van der Waals surface area contributed by atoms with Gasteiger partial charge in [-0.1, -0.05) is 0 Å². The molecule has 0 unspecified atom stereocenters. The average Bonchev–Trinajstić information content (AvgIpc) is 3.12. The number of imidazole rings is 1. The number of thiazole rings is 1. The van der Waals surface area contributed by atoms with Gasteiger partial charge in [0.25, 0.3) is 6.47 Å². The second kappa shape index (κ2) is 6.43. The van der Waals surface area contributed by atoms with E-state index in [1.807, 2.05) is 16.1 Å². The molecule has 3 aromatic rings. The number of aromatic nitrogens is 6. The molecule has 104 valence electrons. The lowest BCUT2D eigenvalue weighted by Crippen LogP contribution is -2.05. The predicted octanol–water partition coefficient (Wildman–Crippen LogP) is 0.167. The van der Waals surface area contributed by atoms with Crippen molar-refractivity contribution in [2.45, 2.75) is 6.54 Å². The highest BCUT2D eigenvalue weighted by molar-refractivity contribution is 7.13. The van der Waals surface area contributed by atoms with Gasteiger partial charge in [0, 0.05) is 24.0 Å². The number of hydrogen-bond donors (Lipinski definition) is 3. The van der Waals surface area contributed by atoms with Crippen molar-refractivity contribution in [3.05, 3.63) is 40.3 Å². The van der Waals surface area contributed by atoms with Gasteiger partial charge in [-0.15, -0.1) is 11.3 Å². The molecule has 20 heavy (non-hydrogen) atoms. The Balaban J connectivity index is 0.000000452. The molecule has 3 N–H and O–H groups in total. The van der Waals surface area contributed by atoms with Crippen molar-refractivity contribution in [1.29, 1.82) is 0 Å². The zero-order valence-electron chi connectivity index (χ0n) is 10.1. The molecule has 0 fully saturated rings. The third-order valence-corrected chi connectivity index (χ3v) is 2.98. The maximum absolute atomic E-state index is 10.9. The van der Waals surface area contributed by atoms with Gasteiger partial charge in [0.05, 0.1) is 6.54 Å². The average molecular weight is 294 g/mol. The Morgan fingerprint density at radius 2 is 2.20 bits per heavy atom. The third kappa shape index (κ3) is 3.17. The molecule has 0 aliphatic heterocycles. The second-order valence-electron chi connectivity index (χ2n) is 3.45. The van der Waals surface area contributed by atoms with Gasteiger partial charge in [-0.05, 0) is 0 Å². The number of hydrogen-bond acceptors (Lipinski definition) is 6. The van der Waals surface area contributed by atoms with E-state index in [1.165, 1.54) is 11.3 Å². The van der Waals surface area contributed by atoms with Crippen LogP contribution in [-0.2, 0) is 11.3 Å². The quantitative estimate of drug-likeness (QED) is 0.590.